The van der Waals surface area contributed by atoms with E-state index in [1.165, 1.54) is 10.8 Å². The zero-order chi connectivity index (χ0) is 21.6. The minimum Gasteiger partial charge on any atom is -0.355 e. The quantitative estimate of drug-likeness (QED) is 0.638. The summed E-state index contributed by atoms with van der Waals surface area (Å²) in [5, 5.41) is 6.67. The number of benzene rings is 1. The molecule has 2 fully saturated rings. The van der Waals surface area contributed by atoms with Gasteiger partial charge in [-0.3, -0.25) is 9.36 Å². The van der Waals surface area contributed by atoms with E-state index in [1.54, 1.807) is 11.0 Å². The molecule has 160 valence electrons. The van der Waals surface area contributed by atoms with E-state index in [0.29, 0.717) is 30.1 Å². The molecule has 1 aliphatic heterocycles. The molecular weight excluding hydrogens is 398 g/mol. The number of rotatable bonds is 5. The molecule has 1 aromatic carbocycles. The van der Waals surface area contributed by atoms with Gasteiger partial charge in [-0.05, 0) is 30.9 Å². The number of nitrogens with one attached hydrogen (secondary N) is 2. The molecule has 1 saturated heterocycles. The maximum Gasteiger partial charge on any atom is 0.323 e. The number of hydrogen-bond acceptors (Lipinski definition) is 3. The van der Waals surface area contributed by atoms with Crippen LogP contribution in [0.1, 0.15) is 12.8 Å². The molecule has 0 bridgehead atoms. The Morgan fingerprint density at radius 3 is 2.60 bits per heavy atom. The van der Waals surface area contributed by atoms with Gasteiger partial charge in [0.1, 0.15) is 6.04 Å². The van der Waals surface area contributed by atoms with Gasteiger partial charge in [0.2, 0.25) is 5.91 Å². The standard InChI is InChI=1S/C21H29N5O3Si/c1-30(2,3)9-8-23-19(27)18-11-13-10-17(13)26(18)21(29)24-15-12-25(20(22)28)16-7-5-4-6-14(15)16/h4-7,12-13,17-18H,8-11H2,1-3H3,(H2,22,28)(H,23,27)(H,24,29)/t13-,17-,18+/m1/s1. The second-order valence-electron chi connectivity index (χ2n) is 9.52. The summed E-state index contributed by atoms with van der Waals surface area (Å²) in [5.74, 6) is 0.325. The Morgan fingerprint density at radius 1 is 1.17 bits per heavy atom. The molecule has 1 aromatic heterocycles. The number of carbonyl (C=O) groups excluding carboxylic acids is 3. The van der Waals surface area contributed by atoms with Crippen LogP contribution in [0.2, 0.25) is 25.7 Å². The maximum atomic E-state index is 13.1. The summed E-state index contributed by atoms with van der Waals surface area (Å²) in [6, 6.07) is 7.01. The van der Waals surface area contributed by atoms with Gasteiger partial charge < -0.3 is 21.3 Å². The first-order chi connectivity index (χ1) is 14.2. The van der Waals surface area contributed by atoms with Gasteiger partial charge in [-0.25, -0.2) is 9.59 Å². The van der Waals surface area contributed by atoms with Crippen LogP contribution in [0, 0.1) is 5.92 Å². The number of nitrogens with zero attached hydrogens (tertiary/aromatic N) is 2. The fourth-order valence-corrected chi connectivity index (χ4v) is 5.18. The molecule has 1 saturated carbocycles. The number of amides is 4. The molecule has 2 aromatic rings. The van der Waals surface area contributed by atoms with E-state index in [1.807, 2.05) is 18.2 Å². The summed E-state index contributed by atoms with van der Waals surface area (Å²) in [5.41, 5.74) is 6.61. The third-order valence-corrected chi connectivity index (χ3v) is 7.76. The number of anilines is 1. The van der Waals surface area contributed by atoms with Crippen LogP contribution in [0.5, 0.6) is 0 Å². The lowest BCUT2D eigenvalue weighted by atomic mass is 10.1. The number of primary amides is 1. The number of carbonyl (C=O) groups is 3. The summed E-state index contributed by atoms with van der Waals surface area (Å²) in [6.07, 6.45) is 3.18. The van der Waals surface area contributed by atoms with Crippen LogP contribution in [0.4, 0.5) is 15.3 Å². The Bertz CT molecular complexity index is 1010. The molecule has 2 aliphatic rings. The van der Waals surface area contributed by atoms with Crippen molar-refractivity contribution < 1.29 is 14.4 Å². The fraction of sp³-hybridized carbons (Fsp3) is 0.476. The minimum absolute atomic E-state index is 0.0739. The number of fused-ring (bicyclic) bond motifs is 2. The van der Waals surface area contributed by atoms with E-state index < -0.39 is 20.1 Å². The summed E-state index contributed by atoms with van der Waals surface area (Å²) in [6.45, 7) is 7.46. The summed E-state index contributed by atoms with van der Waals surface area (Å²) >= 11 is 0. The van der Waals surface area contributed by atoms with Crippen LogP contribution in [0.15, 0.2) is 30.5 Å². The number of para-hydroxylation sites is 1. The Kier molecular flexibility index (Phi) is 5.09. The Morgan fingerprint density at radius 2 is 1.90 bits per heavy atom. The van der Waals surface area contributed by atoms with E-state index in [2.05, 4.69) is 30.3 Å². The van der Waals surface area contributed by atoms with Crippen molar-refractivity contribution in [2.75, 3.05) is 11.9 Å². The Hall–Kier alpha value is -2.81. The number of nitrogens with two attached hydrogens (primary N) is 1. The third kappa shape index (κ3) is 3.94. The highest BCUT2D eigenvalue weighted by atomic mass is 28.3. The van der Waals surface area contributed by atoms with Gasteiger partial charge in [0.25, 0.3) is 0 Å². The molecular formula is C21H29N5O3Si. The van der Waals surface area contributed by atoms with Crippen LogP contribution in [0.25, 0.3) is 10.9 Å². The molecule has 0 unspecified atom stereocenters. The second kappa shape index (κ2) is 7.46. The average molecular weight is 428 g/mol. The summed E-state index contributed by atoms with van der Waals surface area (Å²) in [7, 11) is -1.24. The van der Waals surface area contributed by atoms with Gasteiger partial charge in [-0.15, -0.1) is 0 Å². The second-order valence-corrected chi connectivity index (χ2v) is 15.1. The lowest BCUT2D eigenvalue weighted by Crippen LogP contribution is -2.49. The summed E-state index contributed by atoms with van der Waals surface area (Å²) < 4.78 is 1.31. The number of likely N-dealkylation sites (tertiary alicyclic amines) is 1. The van der Waals surface area contributed by atoms with Gasteiger partial charge in [0.05, 0.1) is 11.2 Å². The molecule has 4 N–H and O–H groups in total. The Balaban J connectivity index is 1.49. The largest absolute Gasteiger partial charge is 0.355 e. The summed E-state index contributed by atoms with van der Waals surface area (Å²) in [4.78, 5) is 39.4. The molecule has 30 heavy (non-hydrogen) atoms. The van der Waals surface area contributed by atoms with Crippen LogP contribution >= 0.6 is 0 Å². The molecule has 0 radical (unpaired) electrons. The van der Waals surface area contributed by atoms with E-state index in [0.717, 1.165) is 17.9 Å². The van der Waals surface area contributed by atoms with Crippen LogP contribution in [0.3, 0.4) is 0 Å². The number of piperidine rings is 1. The van der Waals surface area contributed by atoms with Crippen molar-refractivity contribution in [3.8, 4) is 0 Å². The van der Waals surface area contributed by atoms with Crippen LogP contribution in [-0.2, 0) is 4.79 Å². The maximum absolute atomic E-state index is 13.1. The van der Waals surface area contributed by atoms with Gasteiger partial charge in [-0.2, -0.15) is 0 Å². The van der Waals surface area contributed by atoms with Crippen molar-refractivity contribution in [3.63, 3.8) is 0 Å². The number of hydrogen-bond donors (Lipinski definition) is 3. The van der Waals surface area contributed by atoms with Gasteiger partial charge in [-0.1, -0.05) is 37.8 Å². The van der Waals surface area contributed by atoms with E-state index in [9.17, 15) is 14.4 Å². The van der Waals surface area contributed by atoms with Crippen molar-refractivity contribution in [2.45, 2.75) is 50.6 Å². The zero-order valence-corrected chi connectivity index (χ0v) is 18.6. The van der Waals surface area contributed by atoms with Crippen molar-refractivity contribution in [1.82, 2.24) is 14.8 Å². The predicted octanol–water partition coefficient (Wildman–Crippen LogP) is 3.02. The first-order valence-electron chi connectivity index (χ1n) is 10.4. The lowest BCUT2D eigenvalue weighted by molar-refractivity contribution is -0.125. The molecule has 0 spiro atoms. The van der Waals surface area contributed by atoms with Crippen molar-refractivity contribution in [2.24, 2.45) is 11.7 Å². The normalized spacial score (nSPS) is 22.6. The first kappa shape index (κ1) is 20.5. The number of urea groups is 1. The van der Waals surface area contributed by atoms with E-state index in [4.69, 9.17) is 5.73 Å². The minimum atomic E-state index is -1.24. The fourth-order valence-electron chi connectivity index (χ4n) is 4.30. The Labute approximate surface area is 176 Å². The van der Waals surface area contributed by atoms with Gasteiger partial charge in [0.15, 0.2) is 0 Å². The van der Waals surface area contributed by atoms with Crippen LogP contribution in [-0.4, -0.2) is 54.1 Å². The highest BCUT2D eigenvalue weighted by Gasteiger charge is 2.56. The van der Waals surface area contributed by atoms with Crippen molar-refractivity contribution in [1.29, 1.82) is 0 Å². The first-order valence-corrected chi connectivity index (χ1v) is 14.1. The molecule has 1 aliphatic carbocycles. The van der Waals surface area contributed by atoms with Crippen LogP contribution < -0.4 is 16.4 Å². The highest BCUT2D eigenvalue weighted by Crippen LogP contribution is 2.48. The zero-order valence-electron chi connectivity index (χ0n) is 17.6. The lowest BCUT2D eigenvalue weighted by Gasteiger charge is -2.27. The van der Waals surface area contributed by atoms with Gasteiger partial charge in [0, 0.05) is 32.2 Å². The third-order valence-electron chi connectivity index (χ3n) is 6.01. The number of aromatic nitrogens is 1. The highest BCUT2D eigenvalue weighted by molar-refractivity contribution is 6.76. The predicted molar refractivity (Wildman–Crippen MR) is 119 cm³/mol. The molecule has 4 rings (SSSR count). The SMILES string of the molecule is C[Si](C)(C)CCNC(=O)[C@@H]1C[C@H]2C[C@H]2N1C(=O)Nc1cn(C(N)=O)c2ccccc12. The van der Waals surface area contributed by atoms with E-state index >= 15 is 0 Å². The average Bonchev–Trinajstić information content (AvgIpc) is 3.17. The van der Waals surface area contributed by atoms with Crippen molar-refractivity contribution >= 4 is 42.6 Å². The van der Waals surface area contributed by atoms with Crippen molar-refractivity contribution in [3.05, 3.63) is 30.5 Å². The molecule has 9 heteroatoms. The monoisotopic (exact) mass is 427 g/mol. The van der Waals surface area contributed by atoms with Gasteiger partial charge >= 0.3 is 12.1 Å². The molecule has 2 heterocycles. The molecule has 4 amide bonds. The topological polar surface area (TPSA) is 109 Å². The smallest absolute Gasteiger partial charge is 0.323 e. The molecule has 8 nitrogen and oxygen atoms in total. The molecule has 3 atom stereocenters. The van der Waals surface area contributed by atoms with E-state index in [-0.39, 0.29) is 18.0 Å².